The van der Waals surface area contributed by atoms with Gasteiger partial charge in [-0.05, 0) is 12.1 Å². The number of sulfone groups is 1. The first kappa shape index (κ1) is 16.0. The minimum Gasteiger partial charge on any atom is -0.258 e. The Bertz CT molecular complexity index is 713. The minimum atomic E-state index is -4.12. The SMILES string of the molecule is NS(=O)(=O)CCS(=O)(=O)c1cc(Br)ccc1[N+](=O)[O-]. The predicted octanol–water partition coefficient (Wildman–Crippen LogP) is 0.420. The molecule has 1 aromatic carbocycles. The van der Waals surface area contributed by atoms with Crippen LogP contribution in [0.2, 0.25) is 0 Å². The van der Waals surface area contributed by atoms with Crippen molar-refractivity contribution in [3.8, 4) is 0 Å². The van der Waals surface area contributed by atoms with Crippen molar-refractivity contribution in [3.05, 3.63) is 32.8 Å². The van der Waals surface area contributed by atoms with Gasteiger partial charge >= 0.3 is 0 Å². The van der Waals surface area contributed by atoms with Gasteiger partial charge in [-0.1, -0.05) is 15.9 Å². The van der Waals surface area contributed by atoms with Crippen LogP contribution in [-0.4, -0.2) is 33.3 Å². The van der Waals surface area contributed by atoms with Crippen molar-refractivity contribution in [2.75, 3.05) is 11.5 Å². The molecule has 0 amide bonds. The maximum Gasteiger partial charge on any atom is 0.288 e. The molecule has 1 rings (SSSR count). The fourth-order valence-electron chi connectivity index (χ4n) is 1.22. The largest absolute Gasteiger partial charge is 0.288 e. The summed E-state index contributed by atoms with van der Waals surface area (Å²) in [5.74, 6) is -1.62. The van der Waals surface area contributed by atoms with E-state index in [-0.39, 0.29) is 0 Å². The number of nitro benzene ring substituents is 1. The third kappa shape index (κ3) is 4.53. The number of benzene rings is 1. The molecule has 0 aromatic heterocycles. The van der Waals surface area contributed by atoms with Crippen molar-refractivity contribution in [3.63, 3.8) is 0 Å². The Morgan fingerprint density at radius 1 is 1.21 bits per heavy atom. The Kier molecular flexibility index (Phi) is 4.66. The standard InChI is InChI=1S/C8H9BrN2O6S2/c9-6-1-2-7(11(12)13)8(5-6)18(14,15)3-4-19(10,16)17/h1-2,5H,3-4H2,(H2,10,16,17). The number of sulfonamides is 1. The van der Waals surface area contributed by atoms with Crippen LogP contribution in [0.1, 0.15) is 0 Å². The van der Waals surface area contributed by atoms with Crippen molar-refractivity contribution in [1.29, 1.82) is 0 Å². The molecule has 0 atom stereocenters. The summed E-state index contributed by atoms with van der Waals surface area (Å²) < 4.78 is 45.7. The van der Waals surface area contributed by atoms with Crippen LogP contribution in [0.4, 0.5) is 5.69 Å². The van der Waals surface area contributed by atoms with Gasteiger partial charge in [-0.3, -0.25) is 10.1 Å². The van der Waals surface area contributed by atoms with E-state index in [1.54, 1.807) is 0 Å². The van der Waals surface area contributed by atoms with E-state index in [0.29, 0.717) is 4.47 Å². The van der Waals surface area contributed by atoms with Crippen molar-refractivity contribution in [2.24, 2.45) is 5.14 Å². The van der Waals surface area contributed by atoms with Gasteiger partial charge < -0.3 is 0 Å². The molecular weight excluding hydrogens is 364 g/mol. The summed E-state index contributed by atoms with van der Waals surface area (Å²) >= 11 is 3.00. The van der Waals surface area contributed by atoms with Gasteiger partial charge in [-0.2, -0.15) is 0 Å². The van der Waals surface area contributed by atoms with E-state index in [4.69, 9.17) is 5.14 Å². The van der Waals surface area contributed by atoms with Crippen LogP contribution >= 0.6 is 15.9 Å². The Balaban J connectivity index is 3.28. The molecule has 0 aliphatic rings. The van der Waals surface area contributed by atoms with Crippen molar-refractivity contribution in [2.45, 2.75) is 4.90 Å². The van der Waals surface area contributed by atoms with Gasteiger partial charge in [0, 0.05) is 10.5 Å². The number of nitro groups is 1. The van der Waals surface area contributed by atoms with Crippen LogP contribution < -0.4 is 5.14 Å². The Labute approximate surface area is 117 Å². The number of hydrogen-bond acceptors (Lipinski definition) is 6. The van der Waals surface area contributed by atoms with Gasteiger partial charge in [0.15, 0.2) is 9.84 Å². The molecule has 0 spiro atoms. The fourth-order valence-corrected chi connectivity index (χ4v) is 4.53. The first-order valence-electron chi connectivity index (χ1n) is 4.70. The Hall–Kier alpha value is -1.04. The summed E-state index contributed by atoms with van der Waals surface area (Å²) in [6.45, 7) is 0. The highest BCUT2D eigenvalue weighted by atomic mass is 79.9. The highest BCUT2D eigenvalue weighted by molar-refractivity contribution is 9.10. The van der Waals surface area contributed by atoms with Gasteiger partial charge in [-0.25, -0.2) is 22.0 Å². The van der Waals surface area contributed by atoms with Gasteiger partial charge in [0.1, 0.15) is 4.90 Å². The molecule has 1 aromatic rings. The van der Waals surface area contributed by atoms with E-state index in [1.165, 1.54) is 6.07 Å². The third-order valence-electron chi connectivity index (χ3n) is 2.09. The first-order valence-corrected chi connectivity index (χ1v) is 8.86. The lowest BCUT2D eigenvalue weighted by atomic mass is 10.3. The number of nitrogens with two attached hydrogens (primary N) is 1. The van der Waals surface area contributed by atoms with Crippen molar-refractivity contribution < 1.29 is 21.8 Å². The summed E-state index contributed by atoms with van der Waals surface area (Å²) in [5, 5.41) is 15.5. The van der Waals surface area contributed by atoms with E-state index >= 15 is 0 Å². The van der Waals surface area contributed by atoms with E-state index in [9.17, 15) is 26.9 Å². The maximum absolute atomic E-state index is 11.9. The molecule has 0 aliphatic heterocycles. The molecule has 0 saturated heterocycles. The zero-order valence-electron chi connectivity index (χ0n) is 9.31. The normalized spacial score (nSPS) is 12.3. The number of rotatable bonds is 5. The molecule has 19 heavy (non-hydrogen) atoms. The molecule has 11 heteroatoms. The van der Waals surface area contributed by atoms with E-state index in [2.05, 4.69) is 15.9 Å². The number of primary sulfonamides is 1. The Morgan fingerprint density at radius 2 is 1.79 bits per heavy atom. The molecule has 106 valence electrons. The van der Waals surface area contributed by atoms with Crippen LogP contribution in [0.3, 0.4) is 0 Å². The average Bonchev–Trinajstić information content (AvgIpc) is 2.25. The highest BCUT2D eigenvalue weighted by Gasteiger charge is 2.27. The summed E-state index contributed by atoms with van der Waals surface area (Å²) in [4.78, 5) is 9.37. The lowest BCUT2D eigenvalue weighted by Gasteiger charge is -2.05. The summed E-state index contributed by atoms with van der Waals surface area (Å²) in [6.07, 6.45) is 0. The molecule has 0 radical (unpaired) electrons. The summed E-state index contributed by atoms with van der Waals surface area (Å²) in [5.41, 5.74) is -0.613. The summed E-state index contributed by atoms with van der Waals surface area (Å²) in [6, 6.07) is 3.39. The van der Waals surface area contributed by atoms with Gasteiger partial charge in [0.05, 0.1) is 16.4 Å². The van der Waals surface area contributed by atoms with Crippen LogP contribution in [0.15, 0.2) is 27.6 Å². The van der Waals surface area contributed by atoms with E-state index in [1.807, 2.05) is 0 Å². The van der Waals surface area contributed by atoms with Gasteiger partial charge in [-0.15, -0.1) is 0 Å². The molecule has 8 nitrogen and oxygen atoms in total. The topological polar surface area (TPSA) is 137 Å². The predicted molar refractivity (Wildman–Crippen MR) is 70.8 cm³/mol. The quantitative estimate of drug-likeness (QED) is 0.586. The van der Waals surface area contributed by atoms with Crippen molar-refractivity contribution >= 4 is 41.5 Å². The first-order chi connectivity index (χ1) is 8.53. The highest BCUT2D eigenvalue weighted by Crippen LogP contribution is 2.28. The third-order valence-corrected chi connectivity index (χ3v) is 5.35. The second kappa shape index (κ2) is 5.53. The fraction of sp³-hybridized carbons (Fsp3) is 0.250. The van der Waals surface area contributed by atoms with E-state index in [0.717, 1.165) is 12.1 Å². The Morgan fingerprint density at radius 3 is 2.26 bits per heavy atom. The zero-order chi connectivity index (χ0) is 14.8. The molecule has 0 heterocycles. The molecule has 0 aliphatic carbocycles. The van der Waals surface area contributed by atoms with Gasteiger partial charge in [0.2, 0.25) is 10.0 Å². The number of hydrogen-bond donors (Lipinski definition) is 1. The molecule has 0 fully saturated rings. The lowest BCUT2D eigenvalue weighted by Crippen LogP contribution is -2.23. The molecule has 2 N–H and O–H groups in total. The summed E-state index contributed by atoms with van der Waals surface area (Å²) in [7, 11) is -8.09. The lowest BCUT2D eigenvalue weighted by molar-refractivity contribution is -0.387. The average molecular weight is 373 g/mol. The molecule has 0 bridgehead atoms. The second-order valence-electron chi connectivity index (χ2n) is 3.56. The van der Waals surface area contributed by atoms with Gasteiger partial charge in [0.25, 0.3) is 5.69 Å². The smallest absolute Gasteiger partial charge is 0.258 e. The molecule has 0 unspecified atom stereocenters. The zero-order valence-corrected chi connectivity index (χ0v) is 12.5. The van der Waals surface area contributed by atoms with Crippen LogP contribution in [0.5, 0.6) is 0 Å². The monoisotopic (exact) mass is 372 g/mol. The molecule has 0 saturated carbocycles. The maximum atomic E-state index is 11.9. The number of halogens is 1. The van der Waals surface area contributed by atoms with Crippen LogP contribution in [0, 0.1) is 10.1 Å². The number of nitrogens with zero attached hydrogens (tertiary/aromatic N) is 1. The second-order valence-corrected chi connectivity index (χ2v) is 8.28. The van der Waals surface area contributed by atoms with E-state index < -0.39 is 46.9 Å². The molecular formula is C8H9BrN2O6S2. The van der Waals surface area contributed by atoms with Crippen molar-refractivity contribution in [1.82, 2.24) is 0 Å². The minimum absolute atomic E-state index is 0.326. The van der Waals surface area contributed by atoms with Crippen LogP contribution in [0.25, 0.3) is 0 Å². The van der Waals surface area contributed by atoms with Crippen LogP contribution in [-0.2, 0) is 19.9 Å².